The Morgan fingerprint density at radius 2 is 2.56 bits per heavy atom. The minimum absolute atomic E-state index is 1.14. The van der Waals surface area contributed by atoms with Gasteiger partial charge in [-0.05, 0) is 28.3 Å². The molecule has 9 heavy (non-hydrogen) atoms. The first kappa shape index (κ1) is 7.63. The molecule has 0 fully saturated rings. The van der Waals surface area contributed by atoms with Crippen molar-refractivity contribution in [3.63, 3.8) is 0 Å². The van der Waals surface area contributed by atoms with Gasteiger partial charge in [-0.2, -0.15) is 11.8 Å². The van der Waals surface area contributed by atoms with Gasteiger partial charge >= 0.3 is 0 Å². The Bertz CT molecular complexity index is 183. The molecule has 1 aromatic heterocycles. The molecule has 0 spiro atoms. The summed E-state index contributed by atoms with van der Waals surface area (Å²) >= 11 is 7.07. The van der Waals surface area contributed by atoms with E-state index >= 15 is 0 Å². The minimum atomic E-state index is 1.14. The second-order valence-electron chi connectivity index (χ2n) is 1.66. The third kappa shape index (κ3) is 2.32. The van der Waals surface area contributed by atoms with E-state index in [4.69, 9.17) is 0 Å². The topological polar surface area (TPSA) is 0 Å². The van der Waals surface area contributed by atoms with E-state index in [9.17, 15) is 0 Å². The van der Waals surface area contributed by atoms with Gasteiger partial charge in [0, 0.05) is 20.5 Å². The van der Waals surface area contributed by atoms with E-state index < -0.39 is 0 Å². The summed E-state index contributed by atoms with van der Waals surface area (Å²) in [7, 11) is 0. The molecule has 0 saturated carbocycles. The van der Waals surface area contributed by atoms with Crippen LogP contribution in [0, 0.1) is 0 Å². The van der Waals surface area contributed by atoms with Gasteiger partial charge in [0.05, 0.1) is 0 Å². The smallest absolute Gasteiger partial charge is 0.0285 e. The van der Waals surface area contributed by atoms with Gasteiger partial charge in [0.15, 0.2) is 0 Å². The summed E-state index contributed by atoms with van der Waals surface area (Å²) < 4.78 is 1.21. The molecule has 0 atom stereocenters. The van der Waals surface area contributed by atoms with Gasteiger partial charge < -0.3 is 0 Å². The molecule has 0 bridgehead atoms. The molecule has 0 aliphatic heterocycles. The fourth-order valence-corrected chi connectivity index (χ4v) is 2.80. The van der Waals surface area contributed by atoms with Crippen molar-refractivity contribution >= 4 is 39.0 Å². The van der Waals surface area contributed by atoms with Crippen molar-refractivity contribution in [2.75, 3.05) is 6.26 Å². The number of halogens is 1. The Morgan fingerprint density at radius 1 is 1.78 bits per heavy atom. The number of thiophene rings is 1. The second-order valence-corrected chi connectivity index (χ2v) is 4.44. The highest BCUT2D eigenvalue weighted by Gasteiger charge is 1.93. The summed E-state index contributed by atoms with van der Waals surface area (Å²) in [5.74, 6) is 1.14. The monoisotopic (exact) mass is 222 g/mol. The molecular weight excluding hydrogens is 216 g/mol. The summed E-state index contributed by atoms with van der Waals surface area (Å²) in [6.07, 6.45) is 2.12. The third-order valence-electron chi connectivity index (χ3n) is 0.908. The summed E-state index contributed by atoms with van der Waals surface area (Å²) in [5.41, 5.74) is 0. The molecule has 50 valence electrons. The SMILES string of the molecule is CSCc1cc(Br)cs1. The Labute approximate surface area is 71.8 Å². The minimum Gasteiger partial charge on any atom is -0.160 e. The Kier molecular flexibility index (Phi) is 3.09. The second kappa shape index (κ2) is 3.64. The zero-order chi connectivity index (χ0) is 6.69. The van der Waals surface area contributed by atoms with E-state index in [2.05, 4.69) is 33.6 Å². The van der Waals surface area contributed by atoms with Crippen LogP contribution in [0.25, 0.3) is 0 Å². The largest absolute Gasteiger partial charge is 0.160 e. The highest BCUT2D eigenvalue weighted by Crippen LogP contribution is 2.22. The van der Waals surface area contributed by atoms with Crippen molar-refractivity contribution in [2.45, 2.75) is 5.75 Å². The fourth-order valence-electron chi connectivity index (χ4n) is 0.572. The third-order valence-corrected chi connectivity index (χ3v) is 3.39. The average molecular weight is 223 g/mol. The standard InChI is InChI=1S/C6H7BrS2/c1-8-4-6-2-5(7)3-9-6/h2-3H,4H2,1H3. The maximum absolute atomic E-state index is 3.40. The lowest BCUT2D eigenvalue weighted by molar-refractivity contribution is 1.54. The molecule has 0 unspecified atom stereocenters. The Balaban J connectivity index is 2.61. The first-order valence-corrected chi connectivity index (χ1v) is 5.61. The molecule has 1 rings (SSSR count). The van der Waals surface area contributed by atoms with E-state index in [0.717, 1.165) is 5.75 Å². The van der Waals surface area contributed by atoms with Gasteiger partial charge in [-0.25, -0.2) is 0 Å². The van der Waals surface area contributed by atoms with Gasteiger partial charge in [0.2, 0.25) is 0 Å². The van der Waals surface area contributed by atoms with Crippen molar-refractivity contribution in [1.82, 2.24) is 0 Å². The molecule has 0 aliphatic rings. The number of rotatable bonds is 2. The van der Waals surface area contributed by atoms with Crippen LogP contribution in [0.1, 0.15) is 4.88 Å². The normalized spacial score (nSPS) is 10.0. The van der Waals surface area contributed by atoms with Crippen LogP contribution in [-0.4, -0.2) is 6.26 Å². The van der Waals surface area contributed by atoms with E-state index in [1.165, 1.54) is 9.35 Å². The van der Waals surface area contributed by atoms with Crippen molar-refractivity contribution in [1.29, 1.82) is 0 Å². The fraction of sp³-hybridized carbons (Fsp3) is 0.333. The molecule has 0 aliphatic carbocycles. The van der Waals surface area contributed by atoms with E-state index in [1.807, 2.05) is 11.8 Å². The maximum Gasteiger partial charge on any atom is 0.0285 e. The lowest BCUT2D eigenvalue weighted by Gasteiger charge is -1.86. The lowest BCUT2D eigenvalue weighted by Crippen LogP contribution is -1.66. The molecule has 0 nitrogen and oxygen atoms in total. The maximum atomic E-state index is 3.40. The molecule has 1 aromatic rings. The van der Waals surface area contributed by atoms with Crippen LogP contribution >= 0.6 is 39.0 Å². The first-order chi connectivity index (χ1) is 4.33. The van der Waals surface area contributed by atoms with E-state index in [-0.39, 0.29) is 0 Å². The summed E-state index contributed by atoms with van der Waals surface area (Å²) in [5, 5.41) is 2.12. The molecule has 3 heteroatoms. The average Bonchev–Trinajstić information content (AvgIpc) is 2.17. The highest BCUT2D eigenvalue weighted by atomic mass is 79.9. The van der Waals surface area contributed by atoms with Gasteiger partial charge in [-0.3, -0.25) is 0 Å². The first-order valence-electron chi connectivity index (χ1n) is 2.55. The van der Waals surface area contributed by atoms with Crippen molar-refractivity contribution in [3.05, 3.63) is 20.8 Å². The predicted octanol–water partition coefficient (Wildman–Crippen LogP) is 3.37. The molecule has 0 saturated heterocycles. The molecule has 0 aromatic carbocycles. The summed E-state index contributed by atoms with van der Waals surface area (Å²) in [6, 6.07) is 2.17. The predicted molar refractivity (Wildman–Crippen MR) is 49.2 cm³/mol. The molecule has 0 N–H and O–H groups in total. The van der Waals surface area contributed by atoms with Crippen LogP contribution in [0.3, 0.4) is 0 Å². The Hall–Kier alpha value is 0.530. The number of hydrogen-bond donors (Lipinski definition) is 0. The van der Waals surface area contributed by atoms with Crippen LogP contribution < -0.4 is 0 Å². The number of hydrogen-bond acceptors (Lipinski definition) is 2. The van der Waals surface area contributed by atoms with Crippen LogP contribution in [0.5, 0.6) is 0 Å². The zero-order valence-corrected chi connectivity index (χ0v) is 8.28. The quantitative estimate of drug-likeness (QED) is 0.740. The van der Waals surface area contributed by atoms with Crippen molar-refractivity contribution < 1.29 is 0 Å². The molecule has 0 radical (unpaired) electrons. The lowest BCUT2D eigenvalue weighted by atomic mass is 10.5. The Morgan fingerprint density at radius 3 is 3.00 bits per heavy atom. The van der Waals surface area contributed by atoms with Crippen LogP contribution in [0.15, 0.2) is 15.9 Å². The highest BCUT2D eigenvalue weighted by molar-refractivity contribution is 9.10. The van der Waals surface area contributed by atoms with Gasteiger partial charge in [0.25, 0.3) is 0 Å². The van der Waals surface area contributed by atoms with Gasteiger partial charge in [-0.15, -0.1) is 11.3 Å². The number of thioether (sulfide) groups is 1. The van der Waals surface area contributed by atoms with Crippen molar-refractivity contribution in [2.24, 2.45) is 0 Å². The van der Waals surface area contributed by atoms with E-state index in [1.54, 1.807) is 11.3 Å². The zero-order valence-electron chi connectivity index (χ0n) is 5.06. The van der Waals surface area contributed by atoms with E-state index in [0.29, 0.717) is 0 Å². The van der Waals surface area contributed by atoms with Crippen molar-refractivity contribution in [3.8, 4) is 0 Å². The van der Waals surface area contributed by atoms with Crippen LogP contribution in [0.2, 0.25) is 0 Å². The molecular formula is C6H7BrS2. The molecule has 0 amide bonds. The van der Waals surface area contributed by atoms with Gasteiger partial charge in [-0.1, -0.05) is 0 Å². The van der Waals surface area contributed by atoms with Gasteiger partial charge in [0.1, 0.15) is 0 Å². The van der Waals surface area contributed by atoms with Crippen LogP contribution in [0.4, 0.5) is 0 Å². The molecule has 1 heterocycles. The summed E-state index contributed by atoms with van der Waals surface area (Å²) in [4.78, 5) is 1.44. The van der Waals surface area contributed by atoms with Crippen LogP contribution in [-0.2, 0) is 5.75 Å². The summed E-state index contributed by atoms with van der Waals surface area (Å²) in [6.45, 7) is 0.